The Hall–Kier alpha value is -1.78. The standard InChI is InChI=1S/C10H12F3N5O2S/c11-10(12,13)4-14-8(20)16-7(19)3-21-9-17-15-5-18(9)6-1-2-6/h5-6H,1-4H2,(H2,14,16,19,20). The maximum atomic E-state index is 11.9. The SMILES string of the molecule is O=C(CSc1nncn1C1CC1)NC(=O)NCC(F)(F)F. The first-order valence-electron chi connectivity index (χ1n) is 6.02. The van der Waals surface area contributed by atoms with E-state index in [1.807, 2.05) is 9.88 Å². The average Bonchev–Trinajstić information content (AvgIpc) is 3.12. The number of halogens is 3. The van der Waals surface area contributed by atoms with E-state index in [0.717, 1.165) is 24.6 Å². The van der Waals surface area contributed by atoms with E-state index in [1.54, 1.807) is 11.6 Å². The lowest BCUT2D eigenvalue weighted by Gasteiger charge is -2.09. The number of aromatic nitrogens is 3. The van der Waals surface area contributed by atoms with Crippen molar-refractivity contribution in [2.75, 3.05) is 12.3 Å². The van der Waals surface area contributed by atoms with Gasteiger partial charge in [0.2, 0.25) is 5.91 Å². The third-order valence-electron chi connectivity index (χ3n) is 2.52. The number of alkyl halides is 3. The van der Waals surface area contributed by atoms with Crippen molar-refractivity contribution in [3.63, 3.8) is 0 Å². The van der Waals surface area contributed by atoms with Gasteiger partial charge in [-0.15, -0.1) is 10.2 Å². The van der Waals surface area contributed by atoms with Crippen molar-refractivity contribution >= 4 is 23.7 Å². The molecule has 0 saturated heterocycles. The number of nitrogens with zero attached hydrogens (tertiary/aromatic N) is 3. The zero-order chi connectivity index (χ0) is 15.5. The molecule has 2 N–H and O–H groups in total. The maximum absolute atomic E-state index is 11.9. The molecule has 7 nitrogen and oxygen atoms in total. The largest absolute Gasteiger partial charge is 0.405 e. The summed E-state index contributed by atoms with van der Waals surface area (Å²) in [6.07, 6.45) is -0.904. The molecule has 21 heavy (non-hydrogen) atoms. The van der Waals surface area contributed by atoms with Crippen molar-refractivity contribution in [2.24, 2.45) is 0 Å². The number of rotatable bonds is 5. The highest BCUT2D eigenvalue weighted by molar-refractivity contribution is 7.99. The van der Waals surface area contributed by atoms with E-state index in [2.05, 4.69) is 10.2 Å². The van der Waals surface area contributed by atoms with Crippen LogP contribution in [0.3, 0.4) is 0 Å². The van der Waals surface area contributed by atoms with Gasteiger partial charge in [0.05, 0.1) is 5.75 Å². The first-order chi connectivity index (χ1) is 9.85. The quantitative estimate of drug-likeness (QED) is 0.792. The fourth-order valence-electron chi connectivity index (χ4n) is 1.46. The van der Waals surface area contributed by atoms with Gasteiger partial charge in [0.15, 0.2) is 5.16 Å². The van der Waals surface area contributed by atoms with Crippen LogP contribution in [-0.2, 0) is 4.79 Å². The minimum Gasteiger partial charge on any atom is -0.329 e. The number of imide groups is 1. The van der Waals surface area contributed by atoms with E-state index < -0.39 is 24.7 Å². The van der Waals surface area contributed by atoms with Gasteiger partial charge in [-0.2, -0.15) is 13.2 Å². The van der Waals surface area contributed by atoms with Gasteiger partial charge in [0, 0.05) is 6.04 Å². The Bertz CT molecular complexity index is 529. The van der Waals surface area contributed by atoms with E-state index >= 15 is 0 Å². The molecular weight excluding hydrogens is 311 g/mol. The van der Waals surface area contributed by atoms with E-state index in [0.29, 0.717) is 11.2 Å². The minimum atomic E-state index is -4.52. The number of carbonyl (C=O) groups is 2. The first-order valence-corrected chi connectivity index (χ1v) is 7.00. The number of amides is 3. The van der Waals surface area contributed by atoms with Gasteiger partial charge in [-0.1, -0.05) is 11.8 Å². The highest BCUT2D eigenvalue weighted by Gasteiger charge is 2.28. The van der Waals surface area contributed by atoms with Crippen LogP contribution in [0, 0.1) is 0 Å². The summed E-state index contributed by atoms with van der Waals surface area (Å²) < 4.78 is 37.4. The molecule has 1 aliphatic rings. The normalized spacial score (nSPS) is 14.8. The fourth-order valence-corrected chi connectivity index (χ4v) is 2.24. The van der Waals surface area contributed by atoms with Crippen molar-refractivity contribution in [3.05, 3.63) is 6.33 Å². The van der Waals surface area contributed by atoms with Crippen molar-refractivity contribution in [1.82, 2.24) is 25.4 Å². The van der Waals surface area contributed by atoms with Crippen molar-refractivity contribution in [2.45, 2.75) is 30.2 Å². The number of hydrogen-bond donors (Lipinski definition) is 2. The molecule has 0 atom stereocenters. The monoisotopic (exact) mass is 323 g/mol. The molecule has 1 heterocycles. The molecule has 1 fully saturated rings. The molecule has 0 aliphatic heterocycles. The van der Waals surface area contributed by atoms with Crippen molar-refractivity contribution in [1.29, 1.82) is 0 Å². The van der Waals surface area contributed by atoms with Crippen molar-refractivity contribution < 1.29 is 22.8 Å². The molecule has 0 bridgehead atoms. The van der Waals surface area contributed by atoms with Gasteiger partial charge >= 0.3 is 12.2 Å². The Morgan fingerprint density at radius 1 is 1.43 bits per heavy atom. The topological polar surface area (TPSA) is 88.9 Å². The van der Waals surface area contributed by atoms with Crippen LogP contribution in [0.4, 0.5) is 18.0 Å². The van der Waals surface area contributed by atoms with E-state index in [-0.39, 0.29) is 5.75 Å². The number of urea groups is 1. The van der Waals surface area contributed by atoms with E-state index in [9.17, 15) is 22.8 Å². The average molecular weight is 323 g/mol. The molecule has 1 aromatic heterocycles. The van der Waals surface area contributed by atoms with Gasteiger partial charge in [0.25, 0.3) is 0 Å². The third-order valence-corrected chi connectivity index (χ3v) is 3.47. The molecule has 11 heteroatoms. The second-order valence-electron chi connectivity index (χ2n) is 4.39. The van der Waals surface area contributed by atoms with E-state index in [1.165, 1.54) is 0 Å². The summed E-state index contributed by atoms with van der Waals surface area (Å²) in [7, 11) is 0. The molecule has 3 amide bonds. The molecule has 0 spiro atoms. The number of thioether (sulfide) groups is 1. The molecule has 1 aromatic rings. The summed E-state index contributed by atoms with van der Waals surface area (Å²) >= 11 is 1.07. The second-order valence-corrected chi connectivity index (χ2v) is 5.33. The Morgan fingerprint density at radius 3 is 2.76 bits per heavy atom. The summed E-state index contributed by atoms with van der Waals surface area (Å²) in [4.78, 5) is 22.5. The summed E-state index contributed by atoms with van der Waals surface area (Å²) in [6.45, 7) is -1.49. The molecule has 0 aromatic carbocycles. The van der Waals surface area contributed by atoms with E-state index in [4.69, 9.17) is 0 Å². The Labute approximate surface area is 121 Å². The van der Waals surface area contributed by atoms with Gasteiger partial charge in [-0.3, -0.25) is 10.1 Å². The summed E-state index contributed by atoms with van der Waals surface area (Å²) in [5.41, 5.74) is 0. The Kier molecular flexibility index (Phi) is 4.70. The molecular formula is C10H12F3N5O2S. The van der Waals surface area contributed by atoms with Gasteiger partial charge in [-0.05, 0) is 12.8 Å². The number of nitrogens with one attached hydrogen (secondary N) is 2. The van der Waals surface area contributed by atoms with Crippen LogP contribution in [0.1, 0.15) is 18.9 Å². The molecule has 1 saturated carbocycles. The molecule has 1 aliphatic carbocycles. The van der Waals surface area contributed by atoms with Gasteiger partial charge in [0.1, 0.15) is 12.9 Å². The van der Waals surface area contributed by atoms with Crippen LogP contribution in [0.15, 0.2) is 11.5 Å². The zero-order valence-electron chi connectivity index (χ0n) is 10.7. The van der Waals surface area contributed by atoms with Crippen LogP contribution in [0.25, 0.3) is 0 Å². The highest BCUT2D eigenvalue weighted by Crippen LogP contribution is 2.37. The summed E-state index contributed by atoms with van der Waals surface area (Å²) in [6, 6.07) is -0.831. The predicted octanol–water partition coefficient (Wildman–Crippen LogP) is 1.09. The van der Waals surface area contributed by atoms with Crippen molar-refractivity contribution in [3.8, 4) is 0 Å². The fraction of sp³-hybridized carbons (Fsp3) is 0.600. The van der Waals surface area contributed by atoms with Crippen LogP contribution < -0.4 is 10.6 Å². The van der Waals surface area contributed by atoms with Gasteiger partial charge in [-0.25, -0.2) is 4.79 Å². The Morgan fingerprint density at radius 2 is 2.14 bits per heavy atom. The number of hydrogen-bond acceptors (Lipinski definition) is 5. The van der Waals surface area contributed by atoms with Crippen LogP contribution in [0.2, 0.25) is 0 Å². The lowest BCUT2D eigenvalue weighted by Crippen LogP contribution is -2.43. The van der Waals surface area contributed by atoms with Crippen LogP contribution >= 0.6 is 11.8 Å². The minimum absolute atomic E-state index is 0.134. The molecule has 116 valence electrons. The second kappa shape index (κ2) is 6.33. The third kappa shape index (κ3) is 5.25. The zero-order valence-corrected chi connectivity index (χ0v) is 11.5. The smallest absolute Gasteiger partial charge is 0.329 e. The summed E-state index contributed by atoms with van der Waals surface area (Å²) in [5.74, 6) is -0.838. The van der Waals surface area contributed by atoms with Crippen LogP contribution in [0.5, 0.6) is 0 Å². The Balaban J connectivity index is 1.72. The lowest BCUT2D eigenvalue weighted by molar-refractivity contribution is -0.124. The maximum Gasteiger partial charge on any atom is 0.405 e. The van der Waals surface area contributed by atoms with Gasteiger partial charge < -0.3 is 9.88 Å². The molecule has 0 radical (unpaired) electrons. The lowest BCUT2D eigenvalue weighted by atomic mass is 10.6. The molecule has 2 rings (SSSR count). The summed E-state index contributed by atoms with van der Waals surface area (Å²) in [5, 5.41) is 11.5. The van der Waals surface area contributed by atoms with Crippen LogP contribution in [-0.4, -0.2) is 45.2 Å². The first kappa shape index (κ1) is 15.6. The number of carbonyl (C=O) groups excluding carboxylic acids is 2. The molecule has 0 unspecified atom stereocenters. The highest BCUT2D eigenvalue weighted by atomic mass is 32.2. The predicted molar refractivity (Wildman–Crippen MR) is 66.6 cm³/mol.